The summed E-state index contributed by atoms with van der Waals surface area (Å²) in [6.45, 7) is 1.64. The van der Waals surface area contributed by atoms with Crippen LogP contribution in [-0.2, 0) is 0 Å². The third kappa shape index (κ3) is 5.19. The van der Waals surface area contributed by atoms with Crippen LogP contribution < -0.4 is 21.1 Å². The minimum absolute atomic E-state index is 0.334. The van der Waals surface area contributed by atoms with Crippen LogP contribution in [0.1, 0.15) is 17.3 Å². The molecule has 1 unspecified atom stereocenters. The molecule has 2 aromatic rings. The van der Waals surface area contributed by atoms with Crippen molar-refractivity contribution in [3.63, 3.8) is 0 Å². The standard InChI is InChI=1S/C16H16ClN3O3/c1-10(23-14-8-4-12(17)5-9-14)19-16(22)20-15(21)11-2-6-13(18)7-3-11/h2-10H,18H2,1H3,(H2,19,20,21,22). The smallest absolute Gasteiger partial charge is 0.324 e. The van der Waals surface area contributed by atoms with E-state index >= 15 is 0 Å². The van der Waals surface area contributed by atoms with Crippen LogP contribution in [0.15, 0.2) is 48.5 Å². The Balaban J connectivity index is 1.84. The Labute approximate surface area is 138 Å². The van der Waals surface area contributed by atoms with Gasteiger partial charge in [0.05, 0.1) is 0 Å². The third-order valence-electron chi connectivity index (χ3n) is 2.86. The quantitative estimate of drug-likeness (QED) is 0.592. The van der Waals surface area contributed by atoms with Gasteiger partial charge in [-0.1, -0.05) is 11.6 Å². The topological polar surface area (TPSA) is 93.5 Å². The lowest BCUT2D eigenvalue weighted by Gasteiger charge is -2.16. The van der Waals surface area contributed by atoms with Gasteiger partial charge < -0.3 is 15.8 Å². The predicted molar refractivity (Wildman–Crippen MR) is 88.4 cm³/mol. The fourth-order valence-electron chi connectivity index (χ4n) is 1.78. The Morgan fingerprint density at radius 2 is 1.70 bits per heavy atom. The number of anilines is 1. The number of imide groups is 1. The summed E-state index contributed by atoms with van der Waals surface area (Å²) in [5.74, 6) is 0.0215. The molecule has 23 heavy (non-hydrogen) atoms. The molecule has 7 heteroatoms. The molecule has 0 spiro atoms. The molecule has 0 radical (unpaired) electrons. The number of amides is 3. The fraction of sp³-hybridized carbons (Fsp3) is 0.125. The minimum atomic E-state index is -0.659. The molecule has 2 rings (SSSR count). The number of hydrogen-bond acceptors (Lipinski definition) is 4. The Hall–Kier alpha value is -2.73. The molecule has 0 heterocycles. The van der Waals surface area contributed by atoms with Crippen LogP contribution >= 0.6 is 11.6 Å². The second-order valence-corrected chi connectivity index (χ2v) is 5.20. The Morgan fingerprint density at radius 1 is 1.09 bits per heavy atom. The van der Waals surface area contributed by atoms with Crippen LogP contribution in [0.4, 0.5) is 10.5 Å². The molecule has 0 bridgehead atoms. The molecule has 0 fully saturated rings. The molecule has 0 aliphatic rings. The zero-order valence-corrected chi connectivity index (χ0v) is 13.1. The van der Waals surface area contributed by atoms with Gasteiger partial charge in [0.25, 0.3) is 5.91 Å². The molecule has 4 N–H and O–H groups in total. The monoisotopic (exact) mass is 333 g/mol. The van der Waals surface area contributed by atoms with E-state index in [0.29, 0.717) is 22.0 Å². The van der Waals surface area contributed by atoms with Gasteiger partial charge in [0.1, 0.15) is 5.75 Å². The molecule has 0 aromatic heterocycles. The first-order valence-corrected chi connectivity index (χ1v) is 7.21. The first-order valence-electron chi connectivity index (χ1n) is 6.83. The Bertz CT molecular complexity index is 687. The number of halogens is 1. The van der Waals surface area contributed by atoms with Gasteiger partial charge in [-0.25, -0.2) is 4.79 Å². The molecule has 6 nitrogen and oxygen atoms in total. The van der Waals surface area contributed by atoms with Gasteiger partial charge in [-0.15, -0.1) is 0 Å². The summed E-state index contributed by atoms with van der Waals surface area (Å²) in [4.78, 5) is 23.7. The van der Waals surface area contributed by atoms with Crippen molar-refractivity contribution in [1.29, 1.82) is 0 Å². The molecule has 120 valence electrons. The van der Waals surface area contributed by atoms with Crippen molar-refractivity contribution in [2.24, 2.45) is 0 Å². The normalized spacial score (nSPS) is 11.4. The van der Waals surface area contributed by atoms with E-state index in [1.165, 1.54) is 12.1 Å². The van der Waals surface area contributed by atoms with Gasteiger partial charge in [0, 0.05) is 16.3 Å². The van der Waals surface area contributed by atoms with Gasteiger partial charge in [-0.05, 0) is 55.5 Å². The Kier molecular flexibility index (Phi) is 5.43. The summed E-state index contributed by atoms with van der Waals surface area (Å²) in [7, 11) is 0. The summed E-state index contributed by atoms with van der Waals surface area (Å²) < 4.78 is 5.48. The van der Waals surface area contributed by atoms with Gasteiger partial charge in [-0.2, -0.15) is 0 Å². The minimum Gasteiger partial charge on any atom is -0.471 e. The largest absolute Gasteiger partial charge is 0.471 e. The number of nitrogens with one attached hydrogen (secondary N) is 2. The van der Waals surface area contributed by atoms with E-state index in [1.54, 1.807) is 43.3 Å². The van der Waals surface area contributed by atoms with E-state index in [0.717, 1.165) is 0 Å². The molecular weight excluding hydrogens is 318 g/mol. The van der Waals surface area contributed by atoms with E-state index in [1.807, 2.05) is 0 Å². The lowest BCUT2D eigenvalue weighted by atomic mass is 10.2. The van der Waals surface area contributed by atoms with Crippen LogP contribution in [0.25, 0.3) is 0 Å². The number of benzene rings is 2. The summed E-state index contributed by atoms with van der Waals surface area (Å²) >= 11 is 5.78. The summed E-state index contributed by atoms with van der Waals surface area (Å²) in [5, 5.41) is 5.30. The van der Waals surface area contributed by atoms with E-state index in [-0.39, 0.29) is 0 Å². The number of carbonyl (C=O) groups excluding carboxylic acids is 2. The highest BCUT2D eigenvalue weighted by atomic mass is 35.5. The SMILES string of the molecule is CC(NC(=O)NC(=O)c1ccc(N)cc1)Oc1ccc(Cl)cc1. The fourth-order valence-corrected chi connectivity index (χ4v) is 1.90. The van der Waals surface area contributed by atoms with Crippen molar-refractivity contribution in [3.8, 4) is 5.75 Å². The highest BCUT2D eigenvalue weighted by molar-refractivity contribution is 6.30. The number of hydrogen-bond donors (Lipinski definition) is 3. The maximum Gasteiger partial charge on any atom is 0.324 e. The number of urea groups is 1. The molecule has 0 aliphatic heterocycles. The lowest BCUT2D eigenvalue weighted by molar-refractivity contribution is 0.0958. The Morgan fingerprint density at radius 3 is 2.30 bits per heavy atom. The molecule has 0 aliphatic carbocycles. The zero-order valence-electron chi connectivity index (χ0n) is 12.4. The number of rotatable bonds is 4. The zero-order chi connectivity index (χ0) is 16.8. The van der Waals surface area contributed by atoms with Gasteiger partial charge in [-0.3, -0.25) is 10.1 Å². The first-order chi connectivity index (χ1) is 10.9. The van der Waals surface area contributed by atoms with Crippen molar-refractivity contribution in [2.45, 2.75) is 13.2 Å². The van der Waals surface area contributed by atoms with Crippen LogP contribution in [0, 0.1) is 0 Å². The summed E-state index contributed by atoms with van der Waals surface area (Å²) in [6.07, 6.45) is -0.629. The molecule has 3 amide bonds. The van der Waals surface area contributed by atoms with Crippen LogP contribution in [0.2, 0.25) is 5.02 Å². The van der Waals surface area contributed by atoms with Crippen molar-refractivity contribution < 1.29 is 14.3 Å². The lowest BCUT2D eigenvalue weighted by Crippen LogP contribution is -2.45. The van der Waals surface area contributed by atoms with Crippen molar-refractivity contribution in [3.05, 3.63) is 59.1 Å². The van der Waals surface area contributed by atoms with E-state index in [4.69, 9.17) is 22.1 Å². The van der Waals surface area contributed by atoms with E-state index in [2.05, 4.69) is 10.6 Å². The molecule has 0 saturated carbocycles. The predicted octanol–water partition coefficient (Wildman–Crippen LogP) is 2.79. The second-order valence-electron chi connectivity index (χ2n) is 4.76. The molecule has 1 atom stereocenters. The summed E-state index contributed by atoms with van der Waals surface area (Å²) in [5.41, 5.74) is 6.41. The molecular formula is C16H16ClN3O3. The van der Waals surface area contributed by atoms with Gasteiger partial charge in [0.15, 0.2) is 6.23 Å². The van der Waals surface area contributed by atoms with Crippen molar-refractivity contribution >= 4 is 29.2 Å². The first kappa shape index (κ1) is 16.6. The number of nitrogen functional groups attached to an aromatic ring is 1. The second kappa shape index (κ2) is 7.51. The van der Waals surface area contributed by atoms with Gasteiger partial charge >= 0.3 is 6.03 Å². The number of nitrogens with two attached hydrogens (primary N) is 1. The van der Waals surface area contributed by atoms with Crippen molar-refractivity contribution in [2.75, 3.05) is 5.73 Å². The average molecular weight is 334 g/mol. The highest BCUT2D eigenvalue weighted by Crippen LogP contribution is 2.16. The number of ether oxygens (including phenoxy) is 1. The maximum atomic E-state index is 11.9. The highest BCUT2D eigenvalue weighted by Gasteiger charge is 2.13. The van der Waals surface area contributed by atoms with Crippen molar-refractivity contribution in [1.82, 2.24) is 10.6 Å². The van der Waals surface area contributed by atoms with Crippen LogP contribution in [0.5, 0.6) is 5.75 Å². The van der Waals surface area contributed by atoms with Crippen LogP contribution in [-0.4, -0.2) is 18.2 Å². The molecule has 0 saturated heterocycles. The summed E-state index contributed by atoms with van der Waals surface area (Å²) in [6, 6.07) is 12.3. The number of carbonyl (C=O) groups is 2. The maximum absolute atomic E-state index is 11.9. The van der Waals surface area contributed by atoms with Crippen LogP contribution in [0.3, 0.4) is 0 Å². The van der Waals surface area contributed by atoms with Gasteiger partial charge in [0.2, 0.25) is 0 Å². The van der Waals surface area contributed by atoms with E-state index < -0.39 is 18.2 Å². The average Bonchev–Trinajstić information content (AvgIpc) is 2.50. The molecule has 2 aromatic carbocycles. The van der Waals surface area contributed by atoms with E-state index in [9.17, 15) is 9.59 Å². The third-order valence-corrected chi connectivity index (χ3v) is 3.11.